The molecule has 108 valence electrons. The molecule has 0 saturated heterocycles. The van der Waals surface area contributed by atoms with Gasteiger partial charge in [0.2, 0.25) is 0 Å². The third kappa shape index (κ3) is 3.92. The Morgan fingerprint density at radius 1 is 1.05 bits per heavy atom. The van der Waals surface area contributed by atoms with Crippen LogP contribution < -0.4 is 10.6 Å². The van der Waals surface area contributed by atoms with E-state index < -0.39 is 0 Å². The van der Waals surface area contributed by atoms with Gasteiger partial charge in [-0.15, -0.1) is 0 Å². The van der Waals surface area contributed by atoms with Crippen LogP contribution in [0.15, 0.2) is 53.0 Å². The number of carbonyl (C=O) groups excluding carboxylic acids is 2. The minimum absolute atomic E-state index is 0.144. The van der Waals surface area contributed by atoms with Crippen LogP contribution in [0.4, 0.5) is 0 Å². The Morgan fingerprint density at radius 3 is 2.52 bits per heavy atom. The van der Waals surface area contributed by atoms with E-state index in [1.807, 2.05) is 24.3 Å². The molecule has 0 radical (unpaired) electrons. The minimum atomic E-state index is -0.159. The van der Waals surface area contributed by atoms with Gasteiger partial charge in [0, 0.05) is 23.6 Å². The first-order valence-electron chi connectivity index (χ1n) is 6.45. The van der Waals surface area contributed by atoms with E-state index in [9.17, 15) is 9.59 Å². The van der Waals surface area contributed by atoms with E-state index >= 15 is 0 Å². The zero-order chi connectivity index (χ0) is 15.2. The fourth-order valence-electron chi connectivity index (χ4n) is 1.89. The highest BCUT2D eigenvalue weighted by molar-refractivity contribution is 9.10. The number of nitrogens with one attached hydrogen (secondary N) is 2. The van der Waals surface area contributed by atoms with Crippen molar-refractivity contribution < 1.29 is 9.59 Å². The normalized spacial score (nSPS) is 10.0. The summed E-state index contributed by atoms with van der Waals surface area (Å²) in [5.41, 5.74) is 2.03. The lowest BCUT2D eigenvalue weighted by atomic mass is 10.1. The van der Waals surface area contributed by atoms with Gasteiger partial charge in [-0.2, -0.15) is 0 Å². The van der Waals surface area contributed by atoms with Crippen LogP contribution in [0.25, 0.3) is 0 Å². The first-order valence-corrected chi connectivity index (χ1v) is 7.25. The van der Waals surface area contributed by atoms with Gasteiger partial charge in [0.1, 0.15) is 0 Å². The Bertz CT molecular complexity index is 671. The Labute approximate surface area is 131 Å². The summed E-state index contributed by atoms with van der Waals surface area (Å²) in [6, 6.07) is 14.4. The number of amides is 2. The highest BCUT2D eigenvalue weighted by Crippen LogP contribution is 2.15. The molecule has 0 aromatic heterocycles. The van der Waals surface area contributed by atoms with E-state index in [2.05, 4.69) is 26.6 Å². The van der Waals surface area contributed by atoms with Crippen molar-refractivity contribution in [1.29, 1.82) is 0 Å². The molecule has 2 rings (SSSR count). The number of rotatable bonds is 4. The molecule has 0 saturated carbocycles. The van der Waals surface area contributed by atoms with Crippen LogP contribution in [0.2, 0.25) is 0 Å². The van der Waals surface area contributed by atoms with Crippen molar-refractivity contribution in [2.75, 3.05) is 7.05 Å². The van der Waals surface area contributed by atoms with Crippen LogP contribution in [0.1, 0.15) is 26.3 Å². The zero-order valence-electron chi connectivity index (χ0n) is 11.5. The van der Waals surface area contributed by atoms with Gasteiger partial charge in [0.25, 0.3) is 11.8 Å². The lowest BCUT2D eigenvalue weighted by Crippen LogP contribution is -2.23. The molecule has 0 fully saturated rings. The van der Waals surface area contributed by atoms with Gasteiger partial charge in [-0.25, -0.2) is 0 Å². The second-order valence-electron chi connectivity index (χ2n) is 4.44. The Hall–Kier alpha value is -2.14. The third-order valence-electron chi connectivity index (χ3n) is 2.99. The van der Waals surface area contributed by atoms with Gasteiger partial charge in [-0.1, -0.05) is 24.3 Å². The number of hydrogen-bond acceptors (Lipinski definition) is 2. The first-order chi connectivity index (χ1) is 10.1. The molecule has 0 heterocycles. The first kappa shape index (κ1) is 15.3. The molecule has 21 heavy (non-hydrogen) atoms. The predicted octanol–water partition coefficient (Wildman–Crippen LogP) is 2.74. The van der Waals surface area contributed by atoms with Crippen molar-refractivity contribution >= 4 is 27.7 Å². The monoisotopic (exact) mass is 346 g/mol. The van der Waals surface area contributed by atoms with Crippen LogP contribution >= 0.6 is 15.9 Å². The summed E-state index contributed by atoms with van der Waals surface area (Å²) in [5.74, 6) is -0.304. The maximum Gasteiger partial charge on any atom is 0.252 e. The molecule has 0 atom stereocenters. The molecule has 0 bridgehead atoms. The van der Waals surface area contributed by atoms with Crippen LogP contribution in [0.3, 0.4) is 0 Å². The Kier molecular flexibility index (Phi) is 5.11. The van der Waals surface area contributed by atoms with E-state index in [4.69, 9.17) is 0 Å². The van der Waals surface area contributed by atoms with E-state index in [1.54, 1.807) is 31.3 Å². The summed E-state index contributed by atoms with van der Waals surface area (Å²) in [6.45, 7) is 0.366. The summed E-state index contributed by atoms with van der Waals surface area (Å²) in [6.07, 6.45) is 0. The minimum Gasteiger partial charge on any atom is -0.355 e. The summed E-state index contributed by atoms with van der Waals surface area (Å²) in [5, 5.41) is 5.41. The molecule has 0 aliphatic carbocycles. The van der Waals surface area contributed by atoms with Gasteiger partial charge in [-0.05, 0) is 45.8 Å². The fourth-order valence-corrected chi connectivity index (χ4v) is 2.35. The van der Waals surface area contributed by atoms with E-state index in [0.717, 1.165) is 10.0 Å². The molecule has 0 unspecified atom stereocenters. The molecule has 0 aliphatic rings. The second-order valence-corrected chi connectivity index (χ2v) is 5.30. The van der Waals surface area contributed by atoms with Crippen LogP contribution in [0, 0.1) is 0 Å². The van der Waals surface area contributed by atoms with E-state index in [-0.39, 0.29) is 11.8 Å². The van der Waals surface area contributed by atoms with E-state index in [0.29, 0.717) is 17.7 Å². The summed E-state index contributed by atoms with van der Waals surface area (Å²) < 4.78 is 0.751. The molecule has 4 nitrogen and oxygen atoms in total. The lowest BCUT2D eigenvalue weighted by Gasteiger charge is -2.08. The standard InChI is InChI=1S/C16H15BrN2O2/c1-18-15(20)12-6-4-5-11(9-12)10-19-16(21)13-7-2-3-8-14(13)17/h2-9H,10H2,1H3,(H,18,20)(H,19,21). The van der Waals surface area contributed by atoms with Gasteiger partial charge < -0.3 is 10.6 Å². The SMILES string of the molecule is CNC(=O)c1cccc(CNC(=O)c2ccccc2Br)c1. The number of carbonyl (C=O) groups is 2. The fraction of sp³-hybridized carbons (Fsp3) is 0.125. The Morgan fingerprint density at radius 2 is 1.81 bits per heavy atom. The topological polar surface area (TPSA) is 58.2 Å². The molecular formula is C16H15BrN2O2. The molecule has 2 aromatic carbocycles. The quantitative estimate of drug-likeness (QED) is 0.894. The smallest absolute Gasteiger partial charge is 0.252 e. The van der Waals surface area contributed by atoms with Crippen molar-refractivity contribution in [2.45, 2.75) is 6.54 Å². The summed E-state index contributed by atoms with van der Waals surface area (Å²) >= 11 is 3.35. The van der Waals surface area contributed by atoms with Crippen LogP contribution in [-0.2, 0) is 6.54 Å². The highest BCUT2D eigenvalue weighted by Gasteiger charge is 2.09. The average Bonchev–Trinajstić information content (AvgIpc) is 2.52. The van der Waals surface area contributed by atoms with Crippen molar-refractivity contribution in [3.8, 4) is 0 Å². The van der Waals surface area contributed by atoms with E-state index in [1.165, 1.54) is 0 Å². The summed E-state index contributed by atoms with van der Waals surface area (Å²) in [4.78, 5) is 23.7. The van der Waals surface area contributed by atoms with Gasteiger partial charge in [0.15, 0.2) is 0 Å². The third-order valence-corrected chi connectivity index (χ3v) is 3.68. The maximum absolute atomic E-state index is 12.1. The van der Waals surface area contributed by atoms with Gasteiger partial charge in [0.05, 0.1) is 5.56 Å². The number of benzene rings is 2. The maximum atomic E-state index is 12.1. The van der Waals surface area contributed by atoms with Gasteiger partial charge >= 0.3 is 0 Å². The lowest BCUT2D eigenvalue weighted by molar-refractivity contribution is 0.0948. The van der Waals surface area contributed by atoms with Crippen LogP contribution in [0.5, 0.6) is 0 Å². The molecule has 0 aliphatic heterocycles. The summed E-state index contributed by atoms with van der Waals surface area (Å²) in [7, 11) is 1.59. The van der Waals surface area contributed by atoms with Crippen molar-refractivity contribution in [2.24, 2.45) is 0 Å². The van der Waals surface area contributed by atoms with Gasteiger partial charge in [-0.3, -0.25) is 9.59 Å². The second kappa shape index (κ2) is 7.04. The average molecular weight is 347 g/mol. The molecule has 2 amide bonds. The molecule has 2 N–H and O–H groups in total. The molecular weight excluding hydrogens is 332 g/mol. The van der Waals surface area contributed by atoms with Crippen molar-refractivity contribution in [3.05, 3.63) is 69.7 Å². The number of halogens is 1. The molecule has 2 aromatic rings. The predicted molar refractivity (Wildman–Crippen MR) is 85.1 cm³/mol. The van der Waals surface area contributed by atoms with Crippen molar-refractivity contribution in [3.63, 3.8) is 0 Å². The van der Waals surface area contributed by atoms with Crippen LogP contribution in [-0.4, -0.2) is 18.9 Å². The van der Waals surface area contributed by atoms with Crippen molar-refractivity contribution in [1.82, 2.24) is 10.6 Å². The highest BCUT2D eigenvalue weighted by atomic mass is 79.9. The number of hydrogen-bond donors (Lipinski definition) is 2. The molecule has 0 spiro atoms. The molecule has 5 heteroatoms. The largest absolute Gasteiger partial charge is 0.355 e. The Balaban J connectivity index is 2.05. The zero-order valence-corrected chi connectivity index (χ0v) is 13.1.